The van der Waals surface area contributed by atoms with Gasteiger partial charge in [0.2, 0.25) is 0 Å². The Balaban J connectivity index is 0.000000220. The predicted molar refractivity (Wildman–Crippen MR) is 576 cm³/mol. The van der Waals surface area contributed by atoms with E-state index in [1.807, 2.05) is 0 Å². The first-order chi connectivity index (χ1) is 68.6. The van der Waals surface area contributed by atoms with Crippen molar-refractivity contribution in [3.63, 3.8) is 0 Å². The van der Waals surface area contributed by atoms with Gasteiger partial charge in [0.25, 0.3) is 0 Å². The summed E-state index contributed by atoms with van der Waals surface area (Å²) in [6, 6.07) is 62.0. The van der Waals surface area contributed by atoms with Crippen molar-refractivity contribution < 1.29 is 59.2 Å². The van der Waals surface area contributed by atoms with Gasteiger partial charge in [-0.3, -0.25) is 0 Å². The second kappa shape index (κ2) is 56.9. The van der Waals surface area contributed by atoms with Gasteiger partial charge in [0.1, 0.15) is 34.5 Å². The first-order valence-corrected chi connectivity index (χ1v) is 52.4. The number of phenolic OH excluding ortho intramolecular Hbond substituents is 6. The molecule has 0 bridgehead atoms. The first kappa shape index (κ1) is 112. The van der Waals surface area contributed by atoms with Crippen molar-refractivity contribution >= 4 is 17.9 Å². The molecule has 0 aliphatic heterocycles. The zero-order valence-corrected chi connectivity index (χ0v) is 87.6. The van der Waals surface area contributed by atoms with Crippen molar-refractivity contribution in [1.29, 1.82) is 0 Å². The molecule has 762 valence electrons. The van der Waals surface area contributed by atoms with E-state index in [2.05, 4.69) is 156 Å². The molecule has 0 saturated carbocycles. The SMILES string of the molecule is CC(C)CCCC(C)CCC(COC(=O)c1ccc(-c2nc(-c3ccccc3O)nc(-c3ccccc3O)n2)cc1)C(C)CCCC(C)C.CC(CCC(COC(=O)c1ccc(-c2nc(-c3ccccc3O)nc(-c3ccccc3O)n2)cc1)C(C)CC(C)(C)C)CC(C)(C)C.CCCCCCCCCC(CCCCCCC)COC(=O)c1ccc(-c2nc(-c3ccccc3O)nc(-c3ccccc3O)n2)cc1. The number of phenols is 6. The average molecular weight is 1940 g/mol. The molecule has 6 N–H and O–H groups in total. The molecule has 143 heavy (non-hydrogen) atoms. The Labute approximate surface area is 850 Å². The molecule has 21 heteroatoms. The Kier molecular flexibility index (Phi) is 44.6. The number of carbonyl (C=O) groups excluding carboxylic acids is 3. The molecule has 7 atom stereocenters. The van der Waals surface area contributed by atoms with E-state index in [0.717, 1.165) is 57.3 Å². The Hall–Kier alpha value is -12.8. The van der Waals surface area contributed by atoms with Crippen LogP contribution < -0.4 is 0 Å². The van der Waals surface area contributed by atoms with Crippen LogP contribution in [0.25, 0.3) is 102 Å². The summed E-state index contributed by atoms with van der Waals surface area (Å²) in [6.07, 6.45) is 31.4. The van der Waals surface area contributed by atoms with Crippen molar-refractivity contribution in [2.24, 2.45) is 64.1 Å². The van der Waals surface area contributed by atoms with Crippen LogP contribution in [0.5, 0.6) is 34.5 Å². The van der Waals surface area contributed by atoms with E-state index in [9.17, 15) is 45.0 Å². The quantitative estimate of drug-likeness (QED) is 0.0117. The molecule has 7 unspecified atom stereocenters. The van der Waals surface area contributed by atoms with Crippen molar-refractivity contribution in [2.45, 2.75) is 278 Å². The smallest absolute Gasteiger partial charge is 0.338 e. The lowest BCUT2D eigenvalue weighted by Gasteiger charge is -2.31. The highest BCUT2D eigenvalue weighted by atomic mass is 16.5. The van der Waals surface area contributed by atoms with Crippen molar-refractivity contribution in [1.82, 2.24) is 44.9 Å². The van der Waals surface area contributed by atoms with Crippen LogP contribution in [-0.4, -0.2) is 113 Å². The number of para-hydroxylation sites is 6. The van der Waals surface area contributed by atoms with E-state index in [0.29, 0.717) is 151 Å². The third-order valence-electron chi connectivity index (χ3n) is 26.6. The summed E-state index contributed by atoms with van der Waals surface area (Å²) in [5.41, 5.74) is 6.54. The highest BCUT2D eigenvalue weighted by molar-refractivity contribution is 5.92. The standard InChI is InChI=1S/C42H55N3O4.2C40H51N3O4/c1-28(2)13-11-15-30(5)21-22-34(31(6)16-12-14-29(3)4)27-49-42(48)33-25-23-32(24-26-33)39-43-40(35-17-7-9-19-37(35)46)45-41(44-39)36-18-8-10-20-38(36)47;1-26(23-39(3,4)5)17-18-30(27(2)24-40(6,7)8)25-47-38(46)29-21-19-28(20-22-29)35-41-36(31-13-9-11-15-33(31)44)43-37(42-35)32-14-10-12-16-34(32)45;1-3-5-7-9-10-12-14-20-30(19-13-11-8-6-4-2)29-47-40(46)32-27-25-31(26-28-32)37-41-38(33-21-15-17-23-35(33)44)43-39(42-37)34-22-16-18-24-36(34)45/h7-10,17-20,23-26,28-31,34,46-47H,11-16,21-22,27H2,1-6H3;9-16,19-22,26-27,30,44-45H,17-18,23-25H2,1-8H3;15-18,21-28,30,44-45H,3-14,19-20,29H2,1-2H3. The van der Waals surface area contributed by atoms with Crippen LogP contribution in [-0.2, 0) is 14.2 Å². The number of hydrogen-bond acceptors (Lipinski definition) is 21. The second-order valence-corrected chi connectivity index (χ2v) is 42.5. The maximum Gasteiger partial charge on any atom is 0.338 e. The highest BCUT2D eigenvalue weighted by Gasteiger charge is 2.30. The predicted octanol–water partition coefficient (Wildman–Crippen LogP) is 31.3. The zero-order valence-electron chi connectivity index (χ0n) is 87.6. The minimum atomic E-state index is -0.354. The minimum Gasteiger partial charge on any atom is -0.507 e. The molecule has 9 aromatic carbocycles. The molecule has 3 heterocycles. The third-order valence-corrected chi connectivity index (χ3v) is 26.6. The number of aromatic hydroxyl groups is 6. The summed E-state index contributed by atoms with van der Waals surface area (Å²) in [4.78, 5) is 81.3. The molecule has 0 fully saturated rings. The topological polar surface area (TPSA) is 316 Å². The zero-order chi connectivity index (χ0) is 103. The van der Waals surface area contributed by atoms with Gasteiger partial charge in [-0.25, -0.2) is 59.2 Å². The van der Waals surface area contributed by atoms with Crippen molar-refractivity contribution in [2.75, 3.05) is 19.8 Å². The third kappa shape index (κ3) is 36.9. The van der Waals surface area contributed by atoms with Gasteiger partial charge in [-0.15, -0.1) is 0 Å². The van der Waals surface area contributed by atoms with Crippen LogP contribution in [0, 0.1) is 64.1 Å². The van der Waals surface area contributed by atoms with Gasteiger partial charge in [-0.05, 0) is 212 Å². The van der Waals surface area contributed by atoms with Gasteiger partial charge in [0.15, 0.2) is 52.4 Å². The molecule has 12 rings (SSSR count). The van der Waals surface area contributed by atoms with Crippen LogP contribution in [0.4, 0.5) is 0 Å². The number of unbranched alkanes of at least 4 members (excludes halogenated alkanes) is 10. The van der Waals surface area contributed by atoms with E-state index in [-0.39, 0.29) is 98.7 Å². The normalized spacial score (nSPS) is 13.0. The summed E-state index contributed by atoms with van der Waals surface area (Å²) < 4.78 is 17.8. The van der Waals surface area contributed by atoms with Crippen LogP contribution >= 0.6 is 0 Å². The number of benzene rings is 9. The lowest BCUT2D eigenvalue weighted by molar-refractivity contribution is 0.0352. The minimum absolute atomic E-state index is 0.0322. The molecule has 3 aromatic heterocycles. The van der Waals surface area contributed by atoms with Gasteiger partial charge in [-0.1, -0.05) is 348 Å². The fourth-order valence-electron chi connectivity index (χ4n) is 18.5. The van der Waals surface area contributed by atoms with E-state index >= 15 is 0 Å². The molecule has 0 aliphatic carbocycles. The largest absolute Gasteiger partial charge is 0.507 e. The molecule has 0 amide bonds. The van der Waals surface area contributed by atoms with E-state index in [4.69, 9.17) is 14.2 Å². The van der Waals surface area contributed by atoms with Gasteiger partial charge in [0, 0.05) is 16.7 Å². The number of rotatable bonds is 50. The molecule has 0 saturated heterocycles. The highest BCUT2D eigenvalue weighted by Crippen LogP contribution is 2.41. The number of aromatic nitrogens is 9. The van der Waals surface area contributed by atoms with Crippen molar-refractivity contribution in [3.8, 4) is 137 Å². The molecule has 0 radical (unpaired) electrons. The maximum absolute atomic E-state index is 13.3. The van der Waals surface area contributed by atoms with Crippen LogP contribution in [0.1, 0.15) is 309 Å². The molecule has 0 aliphatic rings. The number of esters is 3. The number of carbonyl (C=O) groups is 3. The average Bonchev–Trinajstić information content (AvgIpc) is 0.796. The lowest BCUT2D eigenvalue weighted by atomic mass is 9.76. The Morgan fingerprint density at radius 3 is 0.804 bits per heavy atom. The first-order valence-electron chi connectivity index (χ1n) is 52.4. The van der Waals surface area contributed by atoms with Gasteiger partial charge < -0.3 is 44.8 Å². The second-order valence-electron chi connectivity index (χ2n) is 42.5. The summed E-state index contributed by atoms with van der Waals surface area (Å²) in [5.74, 6) is 6.49. The summed E-state index contributed by atoms with van der Waals surface area (Å²) >= 11 is 0. The van der Waals surface area contributed by atoms with E-state index in [1.54, 1.807) is 218 Å². The summed E-state index contributed by atoms with van der Waals surface area (Å²) in [5, 5.41) is 63.1. The number of ether oxygens (including phenoxy) is 3. The fourth-order valence-corrected chi connectivity index (χ4v) is 18.5. The lowest BCUT2D eigenvalue weighted by Crippen LogP contribution is -2.25. The molecule has 12 aromatic rings. The Morgan fingerprint density at radius 2 is 0.517 bits per heavy atom. The van der Waals surface area contributed by atoms with Crippen molar-refractivity contribution in [3.05, 3.63) is 235 Å². The van der Waals surface area contributed by atoms with E-state index < -0.39 is 0 Å². The van der Waals surface area contributed by atoms with Gasteiger partial charge in [-0.2, -0.15) is 0 Å². The maximum atomic E-state index is 13.3. The fraction of sp³-hybridized carbons (Fsp3) is 0.459. The molecule has 0 spiro atoms. The number of hydrogen-bond donors (Lipinski definition) is 6. The van der Waals surface area contributed by atoms with Crippen LogP contribution in [0.15, 0.2) is 218 Å². The summed E-state index contributed by atoms with van der Waals surface area (Å²) in [7, 11) is 0. The summed E-state index contributed by atoms with van der Waals surface area (Å²) in [6.45, 7) is 37.8. The Bertz CT molecular complexity index is 5720. The monoisotopic (exact) mass is 1940 g/mol. The molecular weight excluding hydrogens is 1780 g/mol. The van der Waals surface area contributed by atoms with Gasteiger partial charge in [0.05, 0.1) is 69.9 Å². The van der Waals surface area contributed by atoms with Crippen LogP contribution in [0.3, 0.4) is 0 Å². The molecular formula is C122H157N9O12. The van der Waals surface area contributed by atoms with E-state index in [1.165, 1.54) is 116 Å². The number of nitrogens with zero attached hydrogens (tertiary/aromatic N) is 9. The molecule has 21 nitrogen and oxygen atoms in total. The van der Waals surface area contributed by atoms with Crippen LogP contribution in [0.2, 0.25) is 0 Å². The Morgan fingerprint density at radius 1 is 0.259 bits per heavy atom. The van der Waals surface area contributed by atoms with Gasteiger partial charge >= 0.3 is 17.9 Å².